The van der Waals surface area contributed by atoms with Gasteiger partial charge in [0.05, 0.1) is 12.7 Å². The molecule has 0 radical (unpaired) electrons. The van der Waals surface area contributed by atoms with E-state index in [9.17, 15) is 4.79 Å². The highest BCUT2D eigenvalue weighted by Crippen LogP contribution is 2.42. The lowest BCUT2D eigenvalue weighted by molar-refractivity contribution is -0.318. The van der Waals surface area contributed by atoms with Gasteiger partial charge in [-0.05, 0) is 25.7 Å². The molecule has 1 heterocycles. The van der Waals surface area contributed by atoms with Gasteiger partial charge in [-0.15, -0.1) is 12.3 Å². The molecule has 1 spiro atoms. The minimum atomic E-state index is -0.456. The number of unbranched alkanes of at least 4 members (excludes halogenated alkanes) is 1. The molecule has 0 unspecified atom stereocenters. The van der Waals surface area contributed by atoms with E-state index in [0.29, 0.717) is 19.4 Å². The van der Waals surface area contributed by atoms with E-state index in [4.69, 9.17) is 15.9 Å². The van der Waals surface area contributed by atoms with Crippen LogP contribution in [-0.2, 0) is 14.3 Å². The third-order valence-corrected chi connectivity index (χ3v) is 4.97. The average molecular weight is 292 g/mol. The lowest BCUT2D eigenvalue weighted by Gasteiger charge is -2.47. The first kappa shape index (κ1) is 16.5. The fraction of sp³-hybridized carbons (Fsp3) is 0.833. The van der Waals surface area contributed by atoms with Crippen LogP contribution in [0.2, 0.25) is 0 Å². The van der Waals surface area contributed by atoms with Gasteiger partial charge in [0.2, 0.25) is 0 Å². The van der Waals surface area contributed by atoms with Crippen LogP contribution in [0.5, 0.6) is 0 Å². The fourth-order valence-corrected chi connectivity index (χ4v) is 3.42. The summed E-state index contributed by atoms with van der Waals surface area (Å²) in [6, 6.07) is 0. The molecule has 1 aliphatic heterocycles. The van der Waals surface area contributed by atoms with Crippen molar-refractivity contribution in [2.45, 2.75) is 83.5 Å². The second-order valence-electron chi connectivity index (χ2n) is 6.92. The third kappa shape index (κ3) is 3.87. The third-order valence-electron chi connectivity index (χ3n) is 4.97. The molecule has 3 heteroatoms. The van der Waals surface area contributed by atoms with E-state index in [1.54, 1.807) is 0 Å². The molecule has 0 N–H and O–H groups in total. The Bertz CT molecular complexity index is 394. The second-order valence-corrected chi connectivity index (χ2v) is 6.92. The van der Waals surface area contributed by atoms with Gasteiger partial charge >= 0.3 is 0 Å². The van der Waals surface area contributed by atoms with Crippen molar-refractivity contribution in [3.05, 3.63) is 0 Å². The van der Waals surface area contributed by atoms with E-state index < -0.39 is 11.2 Å². The highest BCUT2D eigenvalue weighted by molar-refractivity contribution is 5.84. The Kier molecular flexibility index (Phi) is 5.46. The molecular weight excluding hydrogens is 264 g/mol. The average Bonchev–Trinajstić information content (AvgIpc) is 2.48. The van der Waals surface area contributed by atoms with Crippen molar-refractivity contribution in [3.63, 3.8) is 0 Å². The molecule has 0 aromatic heterocycles. The van der Waals surface area contributed by atoms with Crippen LogP contribution < -0.4 is 0 Å². The number of terminal acetylenes is 1. The Morgan fingerprint density at radius 2 is 2.05 bits per heavy atom. The molecule has 0 amide bonds. The first-order valence-corrected chi connectivity index (χ1v) is 8.29. The predicted octanol–water partition coefficient (Wildman–Crippen LogP) is 3.85. The quantitative estimate of drug-likeness (QED) is 0.570. The SMILES string of the molecule is C#CCCCC(=O)C(C)(C)[C@@H]1CCOC2(CCCCC2)O1. The lowest BCUT2D eigenvalue weighted by atomic mass is 9.77. The summed E-state index contributed by atoms with van der Waals surface area (Å²) in [4.78, 5) is 12.5. The summed E-state index contributed by atoms with van der Waals surface area (Å²) in [5.74, 6) is 2.44. The standard InChI is InChI=1S/C18H28O3/c1-4-5-7-10-15(19)17(2,3)16-11-14-20-18(21-16)12-8-6-9-13-18/h1,16H,5-14H2,2-3H3/t16-/m0/s1. The summed E-state index contributed by atoms with van der Waals surface area (Å²) >= 11 is 0. The van der Waals surface area contributed by atoms with Gasteiger partial charge in [0.25, 0.3) is 0 Å². The Balaban J connectivity index is 1.98. The van der Waals surface area contributed by atoms with Crippen molar-refractivity contribution < 1.29 is 14.3 Å². The van der Waals surface area contributed by atoms with Crippen molar-refractivity contribution in [1.82, 2.24) is 0 Å². The lowest BCUT2D eigenvalue weighted by Crippen LogP contribution is -2.52. The topological polar surface area (TPSA) is 35.5 Å². The van der Waals surface area contributed by atoms with Crippen LogP contribution >= 0.6 is 0 Å². The first-order valence-electron chi connectivity index (χ1n) is 8.29. The number of rotatable bonds is 5. The molecule has 0 aromatic carbocycles. The molecule has 0 bridgehead atoms. The summed E-state index contributed by atoms with van der Waals surface area (Å²) in [5.41, 5.74) is -0.456. The Hall–Kier alpha value is -0.850. The summed E-state index contributed by atoms with van der Waals surface area (Å²) in [5, 5.41) is 0. The molecule has 3 nitrogen and oxygen atoms in total. The number of Topliss-reactive ketones (excluding diaryl/α,β-unsaturated/α-hetero) is 1. The predicted molar refractivity (Wildman–Crippen MR) is 82.7 cm³/mol. The Morgan fingerprint density at radius 1 is 1.33 bits per heavy atom. The van der Waals surface area contributed by atoms with E-state index in [2.05, 4.69) is 5.92 Å². The van der Waals surface area contributed by atoms with Crippen molar-refractivity contribution in [1.29, 1.82) is 0 Å². The Labute approximate surface area is 128 Å². The molecule has 0 aromatic rings. The van der Waals surface area contributed by atoms with Gasteiger partial charge in [-0.25, -0.2) is 0 Å². The van der Waals surface area contributed by atoms with E-state index >= 15 is 0 Å². The van der Waals surface area contributed by atoms with Gasteiger partial charge in [-0.1, -0.05) is 20.3 Å². The van der Waals surface area contributed by atoms with Crippen LogP contribution in [0, 0.1) is 17.8 Å². The van der Waals surface area contributed by atoms with Gasteiger partial charge in [-0.2, -0.15) is 0 Å². The molecule has 1 saturated carbocycles. The zero-order chi connectivity index (χ0) is 15.3. The first-order chi connectivity index (χ1) is 10.0. The molecule has 1 aliphatic carbocycles. The van der Waals surface area contributed by atoms with Crippen molar-refractivity contribution in [3.8, 4) is 12.3 Å². The van der Waals surface area contributed by atoms with Crippen molar-refractivity contribution in [2.24, 2.45) is 5.41 Å². The monoisotopic (exact) mass is 292 g/mol. The van der Waals surface area contributed by atoms with Crippen LogP contribution in [0.3, 0.4) is 0 Å². The molecule has 2 aliphatic rings. The van der Waals surface area contributed by atoms with Gasteiger partial charge in [0.1, 0.15) is 5.78 Å². The number of carbonyl (C=O) groups excluding carboxylic acids is 1. The molecule has 1 atom stereocenters. The largest absolute Gasteiger partial charge is 0.350 e. The van der Waals surface area contributed by atoms with Crippen molar-refractivity contribution in [2.75, 3.05) is 6.61 Å². The van der Waals surface area contributed by atoms with Gasteiger partial charge in [-0.3, -0.25) is 4.79 Å². The summed E-state index contributed by atoms with van der Waals surface area (Å²) in [6.07, 6.45) is 13.5. The fourth-order valence-electron chi connectivity index (χ4n) is 3.42. The normalized spacial score (nSPS) is 25.5. The number of ketones is 1. The van der Waals surface area contributed by atoms with Crippen LogP contribution in [0.4, 0.5) is 0 Å². The van der Waals surface area contributed by atoms with Crippen molar-refractivity contribution >= 4 is 5.78 Å². The van der Waals surface area contributed by atoms with Gasteiger partial charge in [0, 0.05) is 31.1 Å². The molecule has 2 rings (SSSR count). The maximum atomic E-state index is 12.5. The smallest absolute Gasteiger partial charge is 0.168 e. The molecule has 21 heavy (non-hydrogen) atoms. The van der Waals surface area contributed by atoms with E-state index in [0.717, 1.165) is 38.5 Å². The zero-order valence-corrected chi connectivity index (χ0v) is 13.5. The molecule has 1 saturated heterocycles. The summed E-state index contributed by atoms with van der Waals surface area (Å²) in [6.45, 7) is 4.72. The van der Waals surface area contributed by atoms with E-state index in [-0.39, 0.29) is 11.9 Å². The molecular formula is C18H28O3. The summed E-state index contributed by atoms with van der Waals surface area (Å²) in [7, 11) is 0. The zero-order valence-electron chi connectivity index (χ0n) is 13.5. The van der Waals surface area contributed by atoms with Crippen LogP contribution in [0.1, 0.15) is 71.6 Å². The number of carbonyl (C=O) groups is 1. The molecule has 2 fully saturated rings. The van der Waals surface area contributed by atoms with Gasteiger partial charge < -0.3 is 9.47 Å². The van der Waals surface area contributed by atoms with Gasteiger partial charge in [0.15, 0.2) is 5.79 Å². The maximum absolute atomic E-state index is 12.5. The highest BCUT2D eigenvalue weighted by atomic mass is 16.7. The minimum Gasteiger partial charge on any atom is -0.350 e. The van der Waals surface area contributed by atoms with E-state index in [1.807, 2.05) is 13.8 Å². The van der Waals surface area contributed by atoms with Crippen LogP contribution in [-0.4, -0.2) is 24.3 Å². The molecule has 118 valence electrons. The van der Waals surface area contributed by atoms with Crippen LogP contribution in [0.15, 0.2) is 0 Å². The number of ether oxygens (including phenoxy) is 2. The second kappa shape index (κ2) is 6.94. The van der Waals surface area contributed by atoms with Crippen LogP contribution in [0.25, 0.3) is 0 Å². The Morgan fingerprint density at radius 3 is 2.71 bits per heavy atom. The minimum absolute atomic E-state index is 0.0392. The van der Waals surface area contributed by atoms with E-state index in [1.165, 1.54) is 6.42 Å². The number of hydrogen-bond donors (Lipinski definition) is 0. The maximum Gasteiger partial charge on any atom is 0.168 e. The number of hydrogen-bond acceptors (Lipinski definition) is 3. The highest BCUT2D eigenvalue weighted by Gasteiger charge is 2.46. The summed E-state index contributed by atoms with van der Waals surface area (Å²) < 4.78 is 12.3.